The molecule has 7 rings (SSSR count). The maximum absolute atomic E-state index is 13.6. The number of fused-ring (bicyclic) bond motifs is 5. The molecule has 10 nitrogen and oxygen atoms in total. The Bertz CT molecular complexity index is 1980. The smallest absolute Gasteiger partial charge is 0.407 e. The van der Waals surface area contributed by atoms with Crippen LogP contribution in [0.4, 0.5) is 4.79 Å². The number of aromatic amines is 1. The molecule has 1 fully saturated rings. The molecule has 2 aliphatic heterocycles. The van der Waals surface area contributed by atoms with Crippen molar-refractivity contribution in [2.45, 2.75) is 51.9 Å². The number of nitrogens with zero attached hydrogens (tertiary/aromatic N) is 3. The van der Waals surface area contributed by atoms with Crippen LogP contribution in [0, 0.1) is 12.8 Å². The number of hydrogen-bond donors (Lipinski definition) is 2. The monoisotopic (exact) mass is 661 g/mol. The SMILES string of the molecule is COC(=O)N[C@H](C(=O)N1CCC[C@H]1c1ncc(-c2ccc3c(c2)OC(c2ccc(C)o2)n2c-3c(Cl)c3cc(Cl)ccc32)[nH]1)C(C)C. The van der Waals surface area contributed by atoms with E-state index in [0.717, 1.165) is 52.0 Å². The van der Waals surface area contributed by atoms with Gasteiger partial charge < -0.3 is 29.1 Å². The number of furan rings is 1. The van der Waals surface area contributed by atoms with Crippen molar-refractivity contribution in [3.05, 3.63) is 82.1 Å². The molecule has 2 amide bonds. The van der Waals surface area contributed by atoms with Crippen molar-refractivity contribution < 1.29 is 23.5 Å². The first-order valence-corrected chi connectivity index (χ1v) is 16.0. The van der Waals surface area contributed by atoms with Crippen LogP contribution in [0.2, 0.25) is 10.0 Å². The Balaban J connectivity index is 1.23. The molecule has 5 aromatic rings. The van der Waals surface area contributed by atoms with E-state index < -0.39 is 18.4 Å². The number of nitrogens with one attached hydrogen (secondary N) is 2. The second-order valence-corrected chi connectivity index (χ2v) is 12.9. The number of halogens is 2. The van der Waals surface area contributed by atoms with Crippen molar-refractivity contribution in [1.29, 1.82) is 0 Å². The predicted molar refractivity (Wildman–Crippen MR) is 175 cm³/mol. The minimum Gasteiger partial charge on any atom is -0.462 e. The summed E-state index contributed by atoms with van der Waals surface area (Å²) in [6.45, 7) is 6.26. The molecule has 2 N–H and O–H groups in total. The van der Waals surface area contributed by atoms with Gasteiger partial charge in [0.2, 0.25) is 12.1 Å². The fourth-order valence-electron chi connectivity index (χ4n) is 6.51. The van der Waals surface area contributed by atoms with Crippen molar-refractivity contribution in [1.82, 2.24) is 24.8 Å². The van der Waals surface area contributed by atoms with Gasteiger partial charge >= 0.3 is 6.09 Å². The summed E-state index contributed by atoms with van der Waals surface area (Å²) in [4.78, 5) is 35.5. The van der Waals surface area contributed by atoms with E-state index in [1.807, 2.05) is 73.9 Å². The number of carbonyl (C=O) groups excluding carboxylic acids is 2. The van der Waals surface area contributed by atoms with Crippen LogP contribution in [0.5, 0.6) is 5.75 Å². The number of methoxy groups -OCH3 is 1. The molecule has 238 valence electrons. The van der Waals surface area contributed by atoms with E-state index >= 15 is 0 Å². The molecule has 2 aromatic carbocycles. The average molecular weight is 663 g/mol. The van der Waals surface area contributed by atoms with Gasteiger partial charge in [0.1, 0.15) is 23.4 Å². The number of hydrogen-bond acceptors (Lipinski definition) is 6. The number of aromatic nitrogens is 3. The Morgan fingerprint density at radius 3 is 2.70 bits per heavy atom. The molecule has 0 radical (unpaired) electrons. The average Bonchev–Trinajstić information content (AvgIpc) is 3.85. The summed E-state index contributed by atoms with van der Waals surface area (Å²) in [5, 5.41) is 4.70. The first kappa shape index (κ1) is 30.3. The maximum Gasteiger partial charge on any atom is 0.407 e. The van der Waals surface area contributed by atoms with Gasteiger partial charge in [-0.15, -0.1) is 0 Å². The maximum atomic E-state index is 13.6. The number of alkyl carbamates (subject to hydrolysis) is 1. The van der Waals surface area contributed by atoms with Gasteiger partial charge in [0.15, 0.2) is 5.76 Å². The molecule has 46 heavy (non-hydrogen) atoms. The summed E-state index contributed by atoms with van der Waals surface area (Å²) >= 11 is 13.4. The van der Waals surface area contributed by atoms with Gasteiger partial charge in [-0.05, 0) is 68.1 Å². The lowest BCUT2D eigenvalue weighted by Gasteiger charge is -2.30. The zero-order chi connectivity index (χ0) is 32.3. The summed E-state index contributed by atoms with van der Waals surface area (Å²) in [5.74, 6) is 2.47. The number of amides is 2. The molecule has 3 atom stereocenters. The Hall–Kier alpha value is -4.41. The van der Waals surface area contributed by atoms with Gasteiger partial charge in [-0.25, -0.2) is 9.78 Å². The molecule has 5 heterocycles. The van der Waals surface area contributed by atoms with Gasteiger partial charge in [-0.2, -0.15) is 0 Å². The van der Waals surface area contributed by atoms with E-state index in [2.05, 4.69) is 10.3 Å². The topological polar surface area (TPSA) is 115 Å². The van der Waals surface area contributed by atoms with Gasteiger partial charge in [0.25, 0.3) is 0 Å². The van der Waals surface area contributed by atoms with Crippen LogP contribution >= 0.6 is 23.2 Å². The minimum atomic E-state index is -0.704. The molecule has 0 aliphatic carbocycles. The zero-order valence-corrected chi connectivity index (χ0v) is 27.3. The quantitative estimate of drug-likeness (QED) is 0.191. The van der Waals surface area contributed by atoms with Crippen LogP contribution in [0.15, 0.2) is 59.1 Å². The highest BCUT2D eigenvalue weighted by Crippen LogP contribution is 2.50. The van der Waals surface area contributed by atoms with E-state index in [9.17, 15) is 9.59 Å². The van der Waals surface area contributed by atoms with E-state index in [4.69, 9.17) is 42.1 Å². The van der Waals surface area contributed by atoms with Crippen LogP contribution in [0.1, 0.15) is 56.3 Å². The minimum absolute atomic E-state index is 0.117. The number of likely N-dealkylation sites (tertiary alicyclic amines) is 1. The lowest BCUT2D eigenvalue weighted by atomic mass is 10.0. The molecular formula is C34H33Cl2N5O5. The predicted octanol–water partition coefficient (Wildman–Crippen LogP) is 7.89. The van der Waals surface area contributed by atoms with Crippen LogP contribution in [-0.4, -0.2) is 51.1 Å². The number of benzene rings is 2. The van der Waals surface area contributed by atoms with Gasteiger partial charge in [-0.3, -0.25) is 9.36 Å². The molecule has 0 spiro atoms. The highest BCUT2D eigenvalue weighted by atomic mass is 35.5. The van der Waals surface area contributed by atoms with E-state index in [-0.39, 0.29) is 17.9 Å². The fraction of sp³-hybridized carbons (Fsp3) is 0.324. The lowest BCUT2D eigenvalue weighted by molar-refractivity contribution is -0.135. The molecule has 12 heteroatoms. The molecule has 0 bridgehead atoms. The zero-order valence-electron chi connectivity index (χ0n) is 25.8. The van der Waals surface area contributed by atoms with Crippen molar-refractivity contribution in [2.75, 3.05) is 13.7 Å². The number of rotatable bonds is 6. The summed E-state index contributed by atoms with van der Waals surface area (Å²) in [7, 11) is 1.29. The lowest BCUT2D eigenvalue weighted by Crippen LogP contribution is -2.51. The van der Waals surface area contributed by atoms with E-state index in [1.54, 1.807) is 11.1 Å². The third kappa shape index (κ3) is 5.09. The van der Waals surface area contributed by atoms with E-state index in [1.165, 1.54) is 7.11 Å². The van der Waals surface area contributed by atoms with Gasteiger partial charge in [-0.1, -0.05) is 43.1 Å². The van der Waals surface area contributed by atoms with E-state index in [0.29, 0.717) is 33.9 Å². The fourth-order valence-corrected chi connectivity index (χ4v) is 7.03. The van der Waals surface area contributed by atoms with Crippen molar-refractivity contribution in [2.24, 2.45) is 5.92 Å². The second-order valence-electron chi connectivity index (χ2n) is 12.1. The number of aryl methyl sites for hydroxylation is 1. The molecule has 1 unspecified atom stereocenters. The van der Waals surface area contributed by atoms with Crippen LogP contribution < -0.4 is 10.1 Å². The molecule has 1 saturated heterocycles. The summed E-state index contributed by atoms with van der Waals surface area (Å²) < 4.78 is 19.5. The summed E-state index contributed by atoms with van der Waals surface area (Å²) in [6, 6.07) is 14.5. The number of imidazole rings is 1. The highest BCUT2D eigenvalue weighted by Gasteiger charge is 2.38. The van der Waals surface area contributed by atoms with Crippen molar-refractivity contribution >= 4 is 46.1 Å². The largest absolute Gasteiger partial charge is 0.462 e. The first-order chi connectivity index (χ1) is 22.1. The number of H-pyrrole nitrogens is 1. The second kappa shape index (κ2) is 11.7. The molecule has 0 saturated carbocycles. The van der Waals surface area contributed by atoms with Crippen LogP contribution in [-0.2, 0) is 9.53 Å². The van der Waals surface area contributed by atoms with Gasteiger partial charge in [0, 0.05) is 28.1 Å². The number of ether oxygens (including phenoxy) is 2. The van der Waals surface area contributed by atoms with Gasteiger partial charge in [0.05, 0.1) is 41.3 Å². The Morgan fingerprint density at radius 1 is 1.13 bits per heavy atom. The number of carbonyl (C=O) groups is 2. The summed E-state index contributed by atoms with van der Waals surface area (Å²) in [6.07, 6.45) is 2.13. The van der Waals surface area contributed by atoms with Crippen LogP contribution in [0.3, 0.4) is 0 Å². The van der Waals surface area contributed by atoms with Crippen molar-refractivity contribution in [3.8, 4) is 28.3 Å². The Morgan fingerprint density at radius 2 is 1.96 bits per heavy atom. The third-order valence-corrected chi connectivity index (χ3v) is 9.38. The standard InChI is InChI=1S/C34H33Cl2N5O5/c1-17(2)29(39-34(43)44-4)32(42)40-13-5-6-25(40)31-37-16-23(38-31)19-8-10-21-27(14-19)46-33(26-12-7-18(3)45-26)41-24-11-9-20(35)15-22(24)28(36)30(21)41/h7-12,14-17,25,29,33H,5-6,13H2,1-4H3,(H,37,38)(H,39,43)/t25-,29-,33?/m0/s1. The molecule has 3 aromatic heterocycles. The van der Waals surface area contributed by atoms with Crippen LogP contribution in [0.25, 0.3) is 33.4 Å². The molecule has 2 aliphatic rings. The Labute approximate surface area is 275 Å². The normalized spacial score (nSPS) is 17.9. The Kier molecular flexibility index (Phi) is 7.73. The summed E-state index contributed by atoms with van der Waals surface area (Å²) in [5.41, 5.74) is 4.18. The molecular weight excluding hydrogens is 629 g/mol. The van der Waals surface area contributed by atoms with Crippen molar-refractivity contribution in [3.63, 3.8) is 0 Å². The highest BCUT2D eigenvalue weighted by molar-refractivity contribution is 6.39. The third-order valence-electron chi connectivity index (χ3n) is 8.77. The first-order valence-electron chi connectivity index (χ1n) is 15.2.